The highest BCUT2D eigenvalue weighted by molar-refractivity contribution is 6.22. The Labute approximate surface area is 335 Å². The number of furan rings is 3. The van der Waals surface area contributed by atoms with Gasteiger partial charge in [-0.05, 0) is 64.4 Å². The Morgan fingerprint density at radius 2 is 0.695 bits per heavy atom. The van der Waals surface area contributed by atoms with Crippen molar-refractivity contribution in [2.24, 2.45) is 0 Å². The van der Waals surface area contributed by atoms with Gasteiger partial charge in [-0.15, -0.1) is 0 Å². The molecular weight excluding hydrogens is 727 g/mol. The lowest BCUT2D eigenvalue weighted by Crippen LogP contribution is -2.01. The van der Waals surface area contributed by atoms with Crippen LogP contribution < -0.4 is 0 Å². The molecule has 0 saturated carbocycles. The smallest absolute Gasteiger partial charge is 0.164 e. The lowest BCUT2D eigenvalue weighted by atomic mass is 9.97. The van der Waals surface area contributed by atoms with Crippen molar-refractivity contribution in [3.05, 3.63) is 176 Å². The van der Waals surface area contributed by atoms with E-state index in [2.05, 4.69) is 103 Å². The van der Waals surface area contributed by atoms with Crippen molar-refractivity contribution in [1.29, 1.82) is 0 Å². The van der Waals surface area contributed by atoms with Crippen LogP contribution in [0.5, 0.6) is 0 Å². The standard InChI is InChI=1S/C53H29N3O3/c1-2-14-30(15-3-1)33-28-39(46-36-20-8-11-23-42(36)57-45(46)29-33)51-54-52(40-26-31-16-4-6-18-34(31)49-47(40)37-21-9-12-24-43(37)58-49)56-53(55-51)41-27-32-17-5-7-19-35(32)50-48(41)38-22-10-13-25-44(38)59-50/h1-29H. The normalized spacial score (nSPS) is 12.1. The van der Waals surface area contributed by atoms with Gasteiger partial charge in [0.15, 0.2) is 17.5 Å². The van der Waals surface area contributed by atoms with E-state index in [0.29, 0.717) is 17.5 Å². The van der Waals surface area contributed by atoms with Crippen molar-refractivity contribution in [2.75, 3.05) is 0 Å². The van der Waals surface area contributed by atoms with Crippen LogP contribution in [0.4, 0.5) is 0 Å². The number of para-hydroxylation sites is 3. The van der Waals surface area contributed by atoms with Crippen molar-refractivity contribution >= 4 is 87.4 Å². The molecule has 0 N–H and O–H groups in total. The van der Waals surface area contributed by atoms with Gasteiger partial charge in [-0.2, -0.15) is 0 Å². The molecule has 0 radical (unpaired) electrons. The number of hydrogen-bond donors (Lipinski definition) is 0. The molecule has 0 amide bonds. The molecule has 0 aliphatic carbocycles. The van der Waals surface area contributed by atoms with Crippen LogP contribution in [-0.4, -0.2) is 15.0 Å². The molecule has 59 heavy (non-hydrogen) atoms. The highest BCUT2D eigenvalue weighted by Gasteiger charge is 2.25. The van der Waals surface area contributed by atoms with Crippen LogP contribution in [0.25, 0.3) is 133 Å². The SMILES string of the molecule is c1ccc(-c2cc(-c3nc(-c4cc5ccccc5c5oc6ccccc6c45)nc(-c4cc5ccccc5c5oc6ccccc6c45)n3)c3c(c2)oc2ccccc23)cc1. The zero-order chi connectivity index (χ0) is 38.6. The fourth-order valence-electron chi connectivity index (χ4n) is 9.04. The van der Waals surface area contributed by atoms with Crippen LogP contribution in [0.3, 0.4) is 0 Å². The fourth-order valence-corrected chi connectivity index (χ4v) is 9.04. The third kappa shape index (κ3) is 4.77. The first-order chi connectivity index (χ1) is 29.2. The molecule has 0 bridgehead atoms. The molecule has 6 nitrogen and oxygen atoms in total. The van der Waals surface area contributed by atoms with Gasteiger partial charge >= 0.3 is 0 Å². The van der Waals surface area contributed by atoms with E-state index >= 15 is 0 Å². The minimum absolute atomic E-state index is 0.530. The predicted molar refractivity (Wildman–Crippen MR) is 238 cm³/mol. The molecule has 0 fully saturated rings. The number of benzene rings is 9. The maximum Gasteiger partial charge on any atom is 0.164 e. The highest BCUT2D eigenvalue weighted by atomic mass is 16.3. The molecule has 0 aliphatic rings. The van der Waals surface area contributed by atoms with Gasteiger partial charge in [0.25, 0.3) is 0 Å². The Bertz CT molecular complexity index is 3690. The fraction of sp³-hybridized carbons (Fsp3) is 0. The van der Waals surface area contributed by atoms with Crippen molar-refractivity contribution in [2.45, 2.75) is 0 Å². The van der Waals surface area contributed by atoms with Crippen LogP contribution >= 0.6 is 0 Å². The second-order valence-corrected chi connectivity index (χ2v) is 15.1. The molecule has 274 valence electrons. The van der Waals surface area contributed by atoms with Gasteiger partial charge in [0.2, 0.25) is 0 Å². The molecule has 0 unspecified atom stereocenters. The summed E-state index contributed by atoms with van der Waals surface area (Å²) in [6, 6.07) is 60.2. The van der Waals surface area contributed by atoms with Crippen LogP contribution in [0.1, 0.15) is 0 Å². The molecule has 9 aromatic carbocycles. The average molecular weight is 756 g/mol. The third-order valence-corrected chi connectivity index (χ3v) is 11.7. The molecule has 13 rings (SSSR count). The summed E-state index contributed by atoms with van der Waals surface area (Å²) in [6.45, 7) is 0. The summed E-state index contributed by atoms with van der Waals surface area (Å²) in [5.41, 5.74) is 9.38. The van der Waals surface area contributed by atoms with E-state index in [9.17, 15) is 0 Å². The summed E-state index contributed by atoms with van der Waals surface area (Å²) >= 11 is 0. The third-order valence-electron chi connectivity index (χ3n) is 11.7. The molecule has 0 spiro atoms. The second-order valence-electron chi connectivity index (χ2n) is 15.1. The van der Waals surface area contributed by atoms with Crippen molar-refractivity contribution in [3.8, 4) is 45.3 Å². The zero-order valence-electron chi connectivity index (χ0n) is 31.3. The number of rotatable bonds is 4. The quantitative estimate of drug-likeness (QED) is 0.178. The van der Waals surface area contributed by atoms with E-state index in [4.69, 9.17) is 28.2 Å². The van der Waals surface area contributed by atoms with E-state index in [-0.39, 0.29) is 0 Å². The maximum absolute atomic E-state index is 6.67. The van der Waals surface area contributed by atoms with Crippen LogP contribution in [-0.2, 0) is 0 Å². The minimum Gasteiger partial charge on any atom is -0.456 e. The Hall–Kier alpha value is -8.09. The van der Waals surface area contributed by atoms with Crippen molar-refractivity contribution in [3.63, 3.8) is 0 Å². The van der Waals surface area contributed by atoms with Crippen LogP contribution in [0.2, 0.25) is 0 Å². The van der Waals surface area contributed by atoms with Gasteiger partial charge in [0, 0.05) is 59.8 Å². The van der Waals surface area contributed by atoms with Gasteiger partial charge in [0.1, 0.15) is 33.5 Å². The monoisotopic (exact) mass is 755 g/mol. The molecule has 4 aromatic heterocycles. The molecule has 0 saturated heterocycles. The largest absolute Gasteiger partial charge is 0.456 e. The highest BCUT2D eigenvalue weighted by Crippen LogP contribution is 2.45. The van der Waals surface area contributed by atoms with Crippen molar-refractivity contribution < 1.29 is 13.3 Å². The summed E-state index contributed by atoms with van der Waals surface area (Å²) in [7, 11) is 0. The topological polar surface area (TPSA) is 78.1 Å². The van der Waals surface area contributed by atoms with Gasteiger partial charge in [-0.1, -0.05) is 133 Å². The average Bonchev–Trinajstić information content (AvgIpc) is 4.01. The lowest BCUT2D eigenvalue weighted by Gasteiger charge is -2.13. The van der Waals surface area contributed by atoms with E-state index in [0.717, 1.165) is 115 Å². The summed E-state index contributed by atoms with van der Waals surface area (Å²) in [5.74, 6) is 1.60. The molecule has 13 aromatic rings. The molecule has 6 heteroatoms. The van der Waals surface area contributed by atoms with E-state index in [1.807, 2.05) is 72.8 Å². The Morgan fingerprint density at radius 1 is 0.288 bits per heavy atom. The number of aromatic nitrogens is 3. The van der Waals surface area contributed by atoms with Crippen molar-refractivity contribution in [1.82, 2.24) is 15.0 Å². The Kier molecular flexibility index (Phi) is 6.63. The van der Waals surface area contributed by atoms with Gasteiger partial charge in [-0.3, -0.25) is 0 Å². The molecular formula is C53H29N3O3. The van der Waals surface area contributed by atoms with E-state index < -0.39 is 0 Å². The lowest BCUT2D eigenvalue weighted by molar-refractivity contribution is 0.669. The van der Waals surface area contributed by atoms with Gasteiger partial charge < -0.3 is 13.3 Å². The van der Waals surface area contributed by atoms with Gasteiger partial charge in [-0.25, -0.2) is 15.0 Å². The van der Waals surface area contributed by atoms with E-state index in [1.165, 1.54) is 0 Å². The second kappa shape index (κ2) is 12.2. The first-order valence-corrected chi connectivity index (χ1v) is 19.7. The number of fused-ring (bicyclic) bond motifs is 13. The number of nitrogens with zero attached hydrogens (tertiary/aromatic N) is 3. The minimum atomic E-state index is 0.530. The summed E-state index contributed by atoms with van der Waals surface area (Å²) < 4.78 is 19.9. The first-order valence-electron chi connectivity index (χ1n) is 19.7. The van der Waals surface area contributed by atoms with E-state index in [1.54, 1.807) is 0 Å². The Morgan fingerprint density at radius 3 is 1.22 bits per heavy atom. The molecule has 4 heterocycles. The predicted octanol–water partition coefficient (Wildman–Crippen LogP) is 14.5. The molecule has 0 atom stereocenters. The Balaban J connectivity index is 1.20. The number of hydrogen-bond acceptors (Lipinski definition) is 6. The summed E-state index contributed by atoms with van der Waals surface area (Å²) in [4.78, 5) is 16.4. The van der Waals surface area contributed by atoms with Crippen LogP contribution in [0, 0.1) is 0 Å². The summed E-state index contributed by atoms with van der Waals surface area (Å²) in [6.07, 6.45) is 0. The van der Waals surface area contributed by atoms with Gasteiger partial charge in [0.05, 0.1) is 0 Å². The maximum atomic E-state index is 6.67. The van der Waals surface area contributed by atoms with Crippen LogP contribution in [0.15, 0.2) is 189 Å². The first kappa shape index (κ1) is 32.0. The zero-order valence-corrected chi connectivity index (χ0v) is 31.3. The molecule has 0 aliphatic heterocycles. The summed E-state index contributed by atoms with van der Waals surface area (Å²) in [5, 5.41) is 9.95.